The van der Waals surface area contributed by atoms with Crippen molar-refractivity contribution in [2.45, 2.75) is 50.2 Å². The van der Waals surface area contributed by atoms with Crippen LogP contribution in [0.2, 0.25) is 0 Å². The van der Waals surface area contributed by atoms with E-state index in [2.05, 4.69) is 14.9 Å². The highest BCUT2D eigenvalue weighted by Crippen LogP contribution is 2.39. The first-order chi connectivity index (χ1) is 15.9. The Morgan fingerprint density at radius 2 is 1.97 bits per heavy atom. The van der Waals surface area contributed by atoms with Crippen LogP contribution in [-0.2, 0) is 4.79 Å². The van der Waals surface area contributed by atoms with Gasteiger partial charge in [-0.25, -0.2) is 15.4 Å². The molecule has 0 bridgehead atoms. The first-order valence-electron chi connectivity index (χ1n) is 10.9. The van der Waals surface area contributed by atoms with Crippen molar-refractivity contribution in [1.29, 1.82) is 0 Å². The number of carbonyl (C=O) groups is 2. The number of hydrogen-bond donors (Lipinski definition) is 0. The van der Waals surface area contributed by atoms with E-state index >= 15 is 0 Å². The fourth-order valence-electron chi connectivity index (χ4n) is 4.43. The van der Waals surface area contributed by atoms with Crippen LogP contribution in [0.1, 0.15) is 48.5 Å². The van der Waals surface area contributed by atoms with E-state index in [1.165, 1.54) is 6.20 Å². The van der Waals surface area contributed by atoms with E-state index in [9.17, 15) is 18.4 Å². The quantitative estimate of drug-likeness (QED) is 0.410. The van der Waals surface area contributed by atoms with Gasteiger partial charge in [0.1, 0.15) is 6.42 Å². The number of benzene rings is 1. The zero-order valence-corrected chi connectivity index (χ0v) is 17.7. The van der Waals surface area contributed by atoms with E-state index in [1.807, 2.05) is 22.9 Å². The molecule has 1 aliphatic carbocycles. The van der Waals surface area contributed by atoms with Gasteiger partial charge in [0, 0.05) is 41.7 Å². The van der Waals surface area contributed by atoms with E-state index in [0.717, 1.165) is 34.2 Å². The summed E-state index contributed by atoms with van der Waals surface area (Å²) in [7, 11) is 0. The van der Waals surface area contributed by atoms with Gasteiger partial charge in [0.05, 0.1) is 24.3 Å². The number of carbonyl (C=O) groups excluding carboxylic acids is 2. The molecule has 3 aromatic rings. The Hall–Kier alpha value is -3.67. The van der Waals surface area contributed by atoms with Crippen LogP contribution in [0.25, 0.3) is 26.9 Å². The highest BCUT2D eigenvalue weighted by molar-refractivity contribution is 6.06. The molecule has 1 saturated heterocycles. The summed E-state index contributed by atoms with van der Waals surface area (Å²) in [4.78, 5) is 33.8. The molecule has 1 atom stereocenters. The van der Waals surface area contributed by atoms with Crippen LogP contribution in [0.15, 0.2) is 42.9 Å². The molecule has 0 radical (unpaired) electrons. The van der Waals surface area contributed by atoms with Gasteiger partial charge in [-0.05, 0) is 30.5 Å². The molecule has 1 aromatic carbocycles. The largest absolute Gasteiger partial charge is 0.306 e. The third kappa shape index (κ3) is 3.97. The van der Waals surface area contributed by atoms with E-state index in [0.29, 0.717) is 17.2 Å². The molecule has 168 valence electrons. The molecule has 2 fully saturated rings. The standard InChI is InChI=1S/C24H21F2N5O2/c1-27-22-11-24(25,26)14-30(22)23(33)8-7-21(32)17-9-10-28-12-18(17)16-3-2-4-20-19(16)13-29-31(20)15-5-6-15/h2-4,9-10,12-13,15,22H,5-8,11,14H2/t22-/m0/s1. The minimum atomic E-state index is -3.07. The van der Waals surface area contributed by atoms with E-state index in [-0.39, 0.29) is 18.6 Å². The predicted octanol–water partition coefficient (Wildman–Crippen LogP) is 4.51. The molecular formula is C24H21F2N5O2. The van der Waals surface area contributed by atoms with Crippen LogP contribution in [0.5, 0.6) is 0 Å². The molecule has 7 nitrogen and oxygen atoms in total. The monoisotopic (exact) mass is 449 g/mol. The third-order valence-corrected chi connectivity index (χ3v) is 6.22. The van der Waals surface area contributed by atoms with Gasteiger partial charge in [-0.2, -0.15) is 5.10 Å². The number of likely N-dealkylation sites (tertiary alicyclic amines) is 1. The summed E-state index contributed by atoms with van der Waals surface area (Å²) in [6.45, 7) is 6.31. The van der Waals surface area contributed by atoms with Crippen LogP contribution in [-0.4, -0.2) is 50.0 Å². The second-order valence-corrected chi connectivity index (χ2v) is 8.59. The molecule has 0 N–H and O–H groups in total. The number of alkyl halides is 2. The maximum absolute atomic E-state index is 13.7. The number of Topliss-reactive ketones (excluding diaryl/α,β-unsaturated/α-hetero) is 1. The molecule has 2 aliphatic rings. The Morgan fingerprint density at radius 1 is 1.15 bits per heavy atom. The maximum atomic E-state index is 13.7. The second kappa shape index (κ2) is 8.03. The van der Waals surface area contributed by atoms with Crippen molar-refractivity contribution in [1.82, 2.24) is 19.7 Å². The van der Waals surface area contributed by atoms with E-state index < -0.39 is 31.0 Å². The number of amides is 1. The molecule has 1 aliphatic heterocycles. The fraction of sp³-hybridized carbons (Fsp3) is 0.375. The van der Waals surface area contributed by atoms with Crippen molar-refractivity contribution < 1.29 is 18.4 Å². The Bertz CT molecular complexity index is 1290. The lowest BCUT2D eigenvalue weighted by molar-refractivity contribution is -0.132. The van der Waals surface area contributed by atoms with E-state index in [1.54, 1.807) is 18.5 Å². The molecule has 3 heterocycles. The fourth-order valence-corrected chi connectivity index (χ4v) is 4.43. The number of halogens is 2. The van der Waals surface area contributed by atoms with Crippen molar-refractivity contribution in [2.24, 2.45) is 0 Å². The Balaban J connectivity index is 1.38. The summed E-state index contributed by atoms with van der Waals surface area (Å²) in [5.74, 6) is -3.96. The van der Waals surface area contributed by atoms with Gasteiger partial charge in [-0.1, -0.05) is 12.1 Å². The lowest BCUT2D eigenvalue weighted by atomic mass is 9.95. The smallest absolute Gasteiger partial charge is 0.294 e. The summed E-state index contributed by atoms with van der Waals surface area (Å²) in [6, 6.07) is 7.85. The zero-order chi connectivity index (χ0) is 23.2. The number of rotatable bonds is 6. The van der Waals surface area contributed by atoms with Crippen LogP contribution < -0.4 is 0 Å². The summed E-state index contributed by atoms with van der Waals surface area (Å²) >= 11 is 0. The zero-order valence-electron chi connectivity index (χ0n) is 17.7. The van der Waals surface area contributed by atoms with Gasteiger partial charge in [0.15, 0.2) is 5.78 Å². The van der Waals surface area contributed by atoms with Gasteiger partial charge in [0.25, 0.3) is 5.92 Å². The lowest BCUT2D eigenvalue weighted by Crippen LogP contribution is -2.35. The molecular weight excluding hydrogens is 428 g/mol. The number of ketones is 1. The average Bonchev–Trinajstić information content (AvgIpc) is 3.48. The van der Waals surface area contributed by atoms with Crippen LogP contribution >= 0.6 is 0 Å². The lowest BCUT2D eigenvalue weighted by Gasteiger charge is -2.16. The van der Waals surface area contributed by atoms with Crippen molar-refractivity contribution >= 4 is 22.6 Å². The normalized spacial score (nSPS) is 19.5. The van der Waals surface area contributed by atoms with Crippen molar-refractivity contribution in [3.8, 4) is 11.1 Å². The molecule has 9 heteroatoms. The SMILES string of the molecule is [C-]#[N+][C@@H]1CC(F)(F)CN1C(=O)CCC(=O)c1ccncc1-c1cccc2c1cnn2C1CC1. The molecule has 33 heavy (non-hydrogen) atoms. The third-order valence-electron chi connectivity index (χ3n) is 6.22. The molecule has 5 rings (SSSR count). The number of pyridine rings is 1. The highest BCUT2D eigenvalue weighted by atomic mass is 19.3. The minimum Gasteiger partial charge on any atom is -0.294 e. The van der Waals surface area contributed by atoms with Gasteiger partial charge >= 0.3 is 6.17 Å². The summed E-state index contributed by atoms with van der Waals surface area (Å²) in [6.07, 6.45) is 4.92. The number of fused-ring (bicyclic) bond motifs is 1. The van der Waals surface area contributed by atoms with Crippen LogP contribution in [0.4, 0.5) is 8.78 Å². The number of aromatic nitrogens is 3. The van der Waals surface area contributed by atoms with Crippen molar-refractivity contribution in [2.75, 3.05) is 6.54 Å². The van der Waals surface area contributed by atoms with Gasteiger partial charge < -0.3 is 0 Å². The van der Waals surface area contributed by atoms with Gasteiger partial charge in [-0.3, -0.25) is 29.0 Å². The first kappa shape index (κ1) is 21.2. The molecule has 0 spiro atoms. The highest BCUT2D eigenvalue weighted by Gasteiger charge is 2.50. The summed E-state index contributed by atoms with van der Waals surface area (Å²) < 4.78 is 29.3. The Morgan fingerprint density at radius 3 is 2.73 bits per heavy atom. The molecule has 1 saturated carbocycles. The Labute approximate surface area is 188 Å². The molecule has 1 amide bonds. The molecule has 0 unspecified atom stereocenters. The van der Waals surface area contributed by atoms with Crippen LogP contribution in [0, 0.1) is 6.57 Å². The maximum Gasteiger partial charge on any atom is 0.306 e. The number of nitrogens with zero attached hydrogens (tertiary/aromatic N) is 5. The van der Waals surface area contributed by atoms with E-state index in [4.69, 9.17) is 6.57 Å². The summed E-state index contributed by atoms with van der Waals surface area (Å²) in [5, 5.41) is 5.44. The van der Waals surface area contributed by atoms with Gasteiger partial charge in [-0.15, -0.1) is 0 Å². The summed E-state index contributed by atoms with van der Waals surface area (Å²) in [5.41, 5.74) is 2.88. The van der Waals surface area contributed by atoms with Crippen molar-refractivity contribution in [3.63, 3.8) is 0 Å². The molecule has 2 aromatic heterocycles. The minimum absolute atomic E-state index is 0.139. The Kier molecular flexibility index (Phi) is 5.16. The second-order valence-electron chi connectivity index (χ2n) is 8.59. The first-order valence-corrected chi connectivity index (χ1v) is 10.9. The average molecular weight is 449 g/mol. The number of hydrogen-bond acceptors (Lipinski definition) is 4. The van der Waals surface area contributed by atoms with Crippen LogP contribution in [0.3, 0.4) is 0 Å². The van der Waals surface area contributed by atoms with Crippen molar-refractivity contribution in [3.05, 3.63) is 59.8 Å². The predicted molar refractivity (Wildman–Crippen MR) is 116 cm³/mol. The topological polar surface area (TPSA) is 72.5 Å². The van der Waals surface area contributed by atoms with Gasteiger partial charge in [0.2, 0.25) is 5.91 Å².